The Bertz CT molecular complexity index is 355. The Morgan fingerprint density at radius 1 is 1.15 bits per heavy atom. The first-order valence-corrected chi connectivity index (χ1v) is 7.85. The summed E-state index contributed by atoms with van der Waals surface area (Å²) in [6.07, 6.45) is 6.69. The fourth-order valence-electron chi connectivity index (χ4n) is 2.95. The van der Waals surface area contributed by atoms with Gasteiger partial charge in [0.2, 0.25) is 0 Å². The van der Waals surface area contributed by atoms with Gasteiger partial charge < -0.3 is 14.9 Å². The molecule has 1 unspecified atom stereocenters. The molecule has 0 radical (unpaired) electrons. The van der Waals surface area contributed by atoms with Gasteiger partial charge in [0.25, 0.3) is 0 Å². The van der Waals surface area contributed by atoms with E-state index in [9.17, 15) is 9.59 Å². The molecule has 2 amide bonds. The van der Waals surface area contributed by atoms with Crippen LogP contribution in [0.15, 0.2) is 0 Å². The molecule has 5 nitrogen and oxygen atoms in total. The zero-order valence-electron chi connectivity index (χ0n) is 12.4. The highest BCUT2D eigenvalue weighted by Crippen LogP contribution is 2.30. The Hall–Kier alpha value is -1.26. The monoisotopic (exact) mass is 282 g/mol. The number of carbonyl (C=O) groups is 2. The van der Waals surface area contributed by atoms with Crippen molar-refractivity contribution in [3.8, 4) is 0 Å². The van der Waals surface area contributed by atoms with Gasteiger partial charge in [0.15, 0.2) is 0 Å². The van der Waals surface area contributed by atoms with Crippen molar-refractivity contribution >= 4 is 12.0 Å². The smallest absolute Gasteiger partial charge is 0.323 e. The summed E-state index contributed by atoms with van der Waals surface area (Å²) < 4.78 is 0. The first-order chi connectivity index (χ1) is 9.60. The predicted molar refractivity (Wildman–Crippen MR) is 76.5 cm³/mol. The Balaban J connectivity index is 1.92. The SMILES string of the molecule is CCC1CCCN(C(=O)N(CC(=O)O)CC2CC2)CC1. The van der Waals surface area contributed by atoms with Crippen molar-refractivity contribution in [2.75, 3.05) is 26.2 Å². The molecular formula is C15H26N2O3. The van der Waals surface area contributed by atoms with Gasteiger partial charge in [-0.3, -0.25) is 4.79 Å². The minimum atomic E-state index is -0.916. The van der Waals surface area contributed by atoms with E-state index in [-0.39, 0.29) is 12.6 Å². The maximum absolute atomic E-state index is 12.5. The van der Waals surface area contributed by atoms with Crippen LogP contribution < -0.4 is 0 Å². The summed E-state index contributed by atoms with van der Waals surface area (Å²) in [6, 6.07) is -0.0731. The maximum atomic E-state index is 12.5. The van der Waals surface area contributed by atoms with Gasteiger partial charge in [0, 0.05) is 19.6 Å². The number of aliphatic carboxylic acids is 1. The first kappa shape index (κ1) is 15.1. The lowest BCUT2D eigenvalue weighted by atomic mass is 9.98. The van der Waals surface area contributed by atoms with Gasteiger partial charge in [-0.25, -0.2) is 4.79 Å². The van der Waals surface area contributed by atoms with Crippen LogP contribution in [0.2, 0.25) is 0 Å². The van der Waals surface area contributed by atoms with Crippen molar-refractivity contribution in [1.29, 1.82) is 0 Å². The highest BCUT2D eigenvalue weighted by molar-refractivity contribution is 5.80. The molecule has 5 heteroatoms. The molecule has 20 heavy (non-hydrogen) atoms. The fourth-order valence-corrected chi connectivity index (χ4v) is 2.95. The topological polar surface area (TPSA) is 60.9 Å². The number of carboxylic acids is 1. The van der Waals surface area contributed by atoms with Crippen LogP contribution in [0.3, 0.4) is 0 Å². The highest BCUT2D eigenvalue weighted by Gasteiger charge is 2.31. The van der Waals surface area contributed by atoms with Crippen molar-refractivity contribution in [3.63, 3.8) is 0 Å². The molecular weight excluding hydrogens is 256 g/mol. The second-order valence-electron chi connectivity index (χ2n) is 6.19. The minimum Gasteiger partial charge on any atom is -0.480 e. The van der Waals surface area contributed by atoms with Gasteiger partial charge in [0.1, 0.15) is 6.54 Å². The lowest BCUT2D eigenvalue weighted by molar-refractivity contribution is -0.137. The third kappa shape index (κ3) is 4.39. The zero-order chi connectivity index (χ0) is 14.5. The van der Waals surface area contributed by atoms with Crippen LogP contribution in [0.1, 0.15) is 45.4 Å². The molecule has 1 aliphatic heterocycles. The van der Waals surface area contributed by atoms with Crippen molar-refractivity contribution in [2.45, 2.75) is 45.4 Å². The largest absolute Gasteiger partial charge is 0.480 e. The number of rotatable bonds is 5. The van der Waals surface area contributed by atoms with E-state index in [0.29, 0.717) is 18.4 Å². The number of nitrogens with zero attached hydrogens (tertiary/aromatic N) is 2. The van der Waals surface area contributed by atoms with E-state index in [1.165, 1.54) is 17.7 Å². The van der Waals surface area contributed by atoms with E-state index in [0.717, 1.165) is 38.8 Å². The Labute approximate surface area is 120 Å². The zero-order valence-corrected chi connectivity index (χ0v) is 12.4. The molecule has 2 aliphatic rings. The number of carboxylic acid groups (broad SMARTS) is 1. The van der Waals surface area contributed by atoms with E-state index < -0.39 is 5.97 Å². The normalized spacial score (nSPS) is 23.2. The molecule has 1 atom stereocenters. The van der Waals surface area contributed by atoms with E-state index in [1.807, 2.05) is 4.90 Å². The highest BCUT2D eigenvalue weighted by atomic mass is 16.4. The average molecular weight is 282 g/mol. The summed E-state index contributed by atoms with van der Waals surface area (Å²) in [5.74, 6) is 0.318. The van der Waals surface area contributed by atoms with Crippen LogP contribution >= 0.6 is 0 Å². The lowest BCUT2D eigenvalue weighted by Crippen LogP contribution is -2.46. The second-order valence-corrected chi connectivity index (χ2v) is 6.19. The van der Waals surface area contributed by atoms with Crippen LogP contribution in [0.4, 0.5) is 4.79 Å². The van der Waals surface area contributed by atoms with Crippen LogP contribution in [0.5, 0.6) is 0 Å². The van der Waals surface area contributed by atoms with Crippen molar-refractivity contribution in [2.24, 2.45) is 11.8 Å². The third-order valence-corrected chi connectivity index (χ3v) is 4.47. The molecule has 1 heterocycles. The molecule has 1 aliphatic carbocycles. The second kappa shape index (κ2) is 6.95. The molecule has 0 aromatic heterocycles. The quantitative estimate of drug-likeness (QED) is 0.842. The Kier molecular flexibility index (Phi) is 5.26. The summed E-state index contributed by atoms with van der Waals surface area (Å²) in [7, 11) is 0. The number of amides is 2. The molecule has 1 N–H and O–H groups in total. The summed E-state index contributed by atoms with van der Waals surface area (Å²) in [5, 5.41) is 8.99. The van der Waals surface area contributed by atoms with Crippen LogP contribution in [0, 0.1) is 11.8 Å². The molecule has 2 rings (SSSR count). The van der Waals surface area contributed by atoms with E-state index in [4.69, 9.17) is 5.11 Å². The molecule has 0 aromatic carbocycles. The molecule has 0 spiro atoms. The van der Waals surface area contributed by atoms with Gasteiger partial charge in [-0.05, 0) is 43.9 Å². The Morgan fingerprint density at radius 2 is 1.90 bits per heavy atom. The van der Waals surface area contributed by atoms with E-state index in [2.05, 4.69) is 6.92 Å². The van der Waals surface area contributed by atoms with Gasteiger partial charge in [-0.2, -0.15) is 0 Å². The van der Waals surface area contributed by atoms with Gasteiger partial charge in [-0.15, -0.1) is 0 Å². The van der Waals surface area contributed by atoms with Gasteiger partial charge in [-0.1, -0.05) is 13.3 Å². The van der Waals surface area contributed by atoms with Crippen molar-refractivity contribution in [3.05, 3.63) is 0 Å². The summed E-state index contributed by atoms with van der Waals surface area (Å²) in [4.78, 5) is 26.9. The van der Waals surface area contributed by atoms with Crippen LogP contribution in [0.25, 0.3) is 0 Å². The third-order valence-electron chi connectivity index (χ3n) is 4.47. The number of urea groups is 1. The number of likely N-dealkylation sites (tertiary alicyclic amines) is 1. The van der Waals surface area contributed by atoms with Crippen molar-refractivity contribution < 1.29 is 14.7 Å². The summed E-state index contributed by atoms with van der Waals surface area (Å²) in [5.41, 5.74) is 0. The number of hydrogen-bond acceptors (Lipinski definition) is 2. The lowest BCUT2D eigenvalue weighted by Gasteiger charge is -2.29. The molecule has 114 valence electrons. The number of carbonyl (C=O) groups excluding carboxylic acids is 1. The number of hydrogen-bond donors (Lipinski definition) is 1. The maximum Gasteiger partial charge on any atom is 0.323 e. The van der Waals surface area contributed by atoms with Crippen LogP contribution in [-0.2, 0) is 4.79 Å². The van der Waals surface area contributed by atoms with E-state index >= 15 is 0 Å². The molecule has 2 fully saturated rings. The minimum absolute atomic E-state index is 0.0731. The van der Waals surface area contributed by atoms with Crippen LogP contribution in [-0.4, -0.2) is 53.1 Å². The Morgan fingerprint density at radius 3 is 2.50 bits per heavy atom. The van der Waals surface area contributed by atoms with Gasteiger partial charge in [0.05, 0.1) is 0 Å². The summed E-state index contributed by atoms with van der Waals surface area (Å²) >= 11 is 0. The molecule has 1 saturated heterocycles. The van der Waals surface area contributed by atoms with Crippen molar-refractivity contribution in [1.82, 2.24) is 9.80 Å². The van der Waals surface area contributed by atoms with E-state index in [1.54, 1.807) is 0 Å². The average Bonchev–Trinajstić information content (AvgIpc) is 3.22. The summed E-state index contributed by atoms with van der Waals surface area (Å²) in [6.45, 7) is 4.20. The molecule has 0 bridgehead atoms. The standard InChI is InChI=1S/C15H26N2O3/c1-2-12-4-3-8-16(9-7-12)15(20)17(11-14(18)19)10-13-5-6-13/h12-13H,2-11H2,1H3,(H,18,19). The fraction of sp³-hybridized carbons (Fsp3) is 0.867. The molecule has 1 saturated carbocycles. The van der Waals surface area contributed by atoms with Gasteiger partial charge >= 0.3 is 12.0 Å². The molecule has 0 aromatic rings. The first-order valence-electron chi connectivity index (χ1n) is 7.85. The predicted octanol–water partition coefficient (Wildman–Crippen LogP) is 2.42.